The van der Waals surface area contributed by atoms with E-state index in [1.165, 1.54) is 16.0 Å². The zero-order chi connectivity index (χ0) is 26.9. The second kappa shape index (κ2) is 17.9. The predicted octanol–water partition coefficient (Wildman–Crippen LogP) is 8.75. The molecule has 3 aromatic carbocycles. The normalized spacial score (nSPS) is 14.1. The van der Waals surface area contributed by atoms with Crippen LogP contribution in [-0.4, -0.2) is 29.5 Å². The number of carbonyl (C=O) groups excluding carboxylic acids is 2. The molecule has 0 unspecified atom stereocenters. The number of carbonyl (C=O) groups is 2. The Morgan fingerprint density at radius 1 is 0.838 bits per heavy atom. The number of rotatable bonds is 9. The van der Waals surface area contributed by atoms with Crippen LogP contribution in [-0.2, 0) is 27.7 Å². The van der Waals surface area contributed by atoms with Gasteiger partial charge in [-0.05, 0) is 54.5 Å². The summed E-state index contributed by atoms with van der Waals surface area (Å²) in [5.74, 6) is -0.117. The van der Waals surface area contributed by atoms with Gasteiger partial charge in [-0.2, -0.15) is 0 Å². The molecule has 2 amide bonds. The number of hydrogen-bond acceptors (Lipinski definition) is 3. The second-order valence-electron chi connectivity index (χ2n) is 8.49. The van der Waals surface area contributed by atoms with Crippen LogP contribution in [0.25, 0.3) is 0 Å². The van der Waals surface area contributed by atoms with Gasteiger partial charge in [0.2, 0.25) is 5.91 Å². The van der Waals surface area contributed by atoms with Crippen LogP contribution in [0.15, 0.2) is 89.4 Å². The molecule has 1 saturated heterocycles. The van der Waals surface area contributed by atoms with Gasteiger partial charge in [0.05, 0.1) is 6.04 Å². The number of hydrogen-bond donors (Lipinski definition) is 0. The van der Waals surface area contributed by atoms with Crippen molar-refractivity contribution < 1.29 is 14.3 Å². The van der Waals surface area contributed by atoms with E-state index in [4.69, 9.17) is 4.74 Å². The average Bonchev–Trinajstić information content (AvgIpc) is 3.31. The summed E-state index contributed by atoms with van der Waals surface area (Å²) >= 11 is 6.73. The van der Waals surface area contributed by atoms with Crippen LogP contribution in [0.1, 0.15) is 56.2 Å². The molecule has 1 aliphatic rings. The van der Waals surface area contributed by atoms with Crippen LogP contribution < -0.4 is 0 Å². The first-order valence-electron chi connectivity index (χ1n) is 12.9. The standard InChI is InChI=1S/C22H25NO3.C7H6Br2.C2H6/c24-21(15-9-3-6-12-18-10-4-1-5-11-18)23-20(17-26-22(23)25)16-19-13-7-2-8-14-19;8-5-6-1-3-7(9)4-2-6;1-2/h1-2,4-5,7-8,10-11,13-14,20H,3,6,9,12,15-17H2;1-4H,5H2;1-2H3/t20-;;/m0../s1. The summed E-state index contributed by atoms with van der Waals surface area (Å²) < 4.78 is 6.25. The second-order valence-corrected chi connectivity index (χ2v) is 9.97. The van der Waals surface area contributed by atoms with Crippen LogP contribution in [0.4, 0.5) is 4.79 Å². The minimum Gasteiger partial charge on any atom is -0.447 e. The van der Waals surface area contributed by atoms with E-state index in [2.05, 4.69) is 56.1 Å². The molecule has 0 N–H and O–H groups in total. The number of cyclic esters (lactones) is 1. The molecule has 0 radical (unpaired) electrons. The number of alkyl halides is 1. The van der Waals surface area contributed by atoms with Crippen molar-refractivity contribution in [1.29, 1.82) is 0 Å². The minimum atomic E-state index is -0.500. The van der Waals surface area contributed by atoms with Crippen LogP contribution in [0.5, 0.6) is 0 Å². The molecule has 1 atom stereocenters. The Morgan fingerprint density at radius 2 is 1.43 bits per heavy atom. The maximum Gasteiger partial charge on any atom is 0.416 e. The number of halogens is 2. The molecule has 1 fully saturated rings. The molecular weight excluding hydrogens is 594 g/mol. The van der Waals surface area contributed by atoms with E-state index in [0.717, 1.165) is 41.0 Å². The number of benzene rings is 3. The summed E-state index contributed by atoms with van der Waals surface area (Å²) in [5.41, 5.74) is 3.74. The van der Waals surface area contributed by atoms with Crippen LogP contribution >= 0.6 is 31.9 Å². The smallest absolute Gasteiger partial charge is 0.416 e. The van der Waals surface area contributed by atoms with Gasteiger partial charge < -0.3 is 4.74 Å². The highest BCUT2D eigenvalue weighted by atomic mass is 79.9. The monoisotopic (exact) mass is 629 g/mol. The van der Waals surface area contributed by atoms with E-state index >= 15 is 0 Å². The first-order valence-corrected chi connectivity index (χ1v) is 14.9. The van der Waals surface area contributed by atoms with Gasteiger partial charge in [-0.15, -0.1) is 0 Å². The number of aryl methyl sites for hydroxylation is 1. The molecular formula is C31H37Br2NO3. The summed E-state index contributed by atoms with van der Waals surface area (Å²) in [6, 6.07) is 28.3. The lowest BCUT2D eigenvalue weighted by molar-refractivity contribution is -0.129. The Morgan fingerprint density at radius 3 is 2.03 bits per heavy atom. The molecule has 6 heteroatoms. The Kier molecular flexibility index (Phi) is 14.9. The lowest BCUT2D eigenvalue weighted by atomic mass is 10.0. The summed E-state index contributed by atoms with van der Waals surface area (Å²) in [4.78, 5) is 25.8. The Labute approximate surface area is 238 Å². The zero-order valence-electron chi connectivity index (χ0n) is 21.7. The van der Waals surface area contributed by atoms with Gasteiger partial charge in [-0.25, -0.2) is 9.69 Å². The molecule has 0 aromatic heterocycles. The van der Waals surface area contributed by atoms with E-state index in [0.29, 0.717) is 12.8 Å². The van der Waals surface area contributed by atoms with Crippen molar-refractivity contribution in [3.05, 3.63) is 106 Å². The van der Waals surface area contributed by atoms with E-state index in [1.54, 1.807) is 0 Å². The molecule has 4 rings (SSSR count). The third-order valence-electron chi connectivity index (χ3n) is 5.81. The largest absolute Gasteiger partial charge is 0.447 e. The SMILES string of the molecule is BrCc1ccc(Br)cc1.CC.O=C(CCCCCc1ccccc1)N1C(=O)OC[C@@H]1Cc1ccccc1. The topological polar surface area (TPSA) is 46.6 Å². The maximum atomic E-state index is 12.5. The van der Waals surface area contributed by atoms with Crippen molar-refractivity contribution in [2.24, 2.45) is 0 Å². The third kappa shape index (κ3) is 11.2. The third-order valence-corrected chi connectivity index (χ3v) is 6.99. The van der Waals surface area contributed by atoms with Crippen molar-refractivity contribution in [3.8, 4) is 0 Å². The van der Waals surface area contributed by atoms with Crippen LogP contribution in [0, 0.1) is 0 Å². The van der Waals surface area contributed by atoms with Gasteiger partial charge >= 0.3 is 6.09 Å². The first-order chi connectivity index (χ1) is 18.1. The Balaban J connectivity index is 0.000000367. The molecule has 0 spiro atoms. The molecule has 4 nitrogen and oxygen atoms in total. The lowest BCUT2D eigenvalue weighted by Gasteiger charge is -2.19. The van der Waals surface area contributed by atoms with Gasteiger partial charge in [-0.3, -0.25) is 4.79 Å². The average molecular weight is 631 g/mol. The van der Waals surface area contributed by atoms with Gasteiger partial charge in [0.25, 0.3) is 0 Å². The van der Waals surface area contributed by atoms with Crippen molar-refractivity contribution in [3.63, 3.8) is 0 Å². The molecule has 3 aromatic rings. The van der Waals surface area contributed by atoms with Crippen molar-refractivity contribution >= 4 is 43.9 Å². The highest BCUT2D eigenvalue weighted by Crippen LogP contribution is 2.19. The van der Waals surface area contributed by atoms with Crippen molar-refractivity contribution in [1.82, 2.24) is 4.90 Å². The fourth-order valence-electron chi connectivity index (χ4n) is 3.92. The van der Waals surface area contributed by atoms with E-state index in [-0.39, 0.29) is 18.6 Å². The molecule has 0 bridgehead atoms. The first kappa shape index (κ1) is 30.8. The lowest BCUT2D eigenvalue weighted by Crippen LogP contribution is -2.40. The van der Waals surface area contributed by atoms with Crippen molar-refractivity contribution in [2.75, 3.05) is 6.61 Å². The number of imide groups is 1. The molecule has 1 heterocycles. The molecule has 1 aliphatic heterocycles. The Hall–Kier alpha value is -2.44. The minimum absolute atomic E-state index is 0.117. The fraction of sp³-hybridized carbons (Fsp3) is 0.355. The highest BCUT2D eigenvalue weighted by molar-refractivity contribution is 9.10. The van der Waals surface area contributed by atoms with Gasteiger partial charge in [0, 0.05) is 16.2 Å². The fourth-order valence-corrected chi connectivity index (χ4v) is 4.56. The van der Waals surface area contributed by atoms with Crippen LogP contribution in [0.2, 0.25) is 0 Å². The van der Waals surface area contributed by atoms with Gasteiger partial charge in [0.15, 0.2) is 0 Å². The predicted molar refractivity (Wildman–Crippen MR) is 159 cm³/mol. The molecule has 0 aliphatic carbocycles. The summed E-state index contributed by atoms with van der Waals surface area (Å²) in [7, 11) is 0. The number of amides is 2. The van der Waals surface area contributed by atoms with E-state index in [1.807, 2.05) is 74.5 Å². The zero-order valence-corrected chi connectivity index (χ0v) is 24.9. The molecule has 198 valence electrons. The van der Waals surface area contributed by atoms with Crippen LogP contribution in [0.3, 0.4) is 0 Å². The van der Waals surface area contributed by atoms with Crippen molar-refractivity contribution in [2.45, 2.75) is 63.7 Å². The van der Waals surface area contributed by atoms with E-state index in [9.17, 15) is 9.59 Å². The number of ether oxygens (including phenoxy) is 1. The van der Waals surface area contributed by atoms with Gasteiger partial charge in [0.1, 0.15) is 6.61 Å². The molecule has 37 heavy (non-hydrogen) atoms. The van der Waals surface area contributed by atoms with E-state index < -0.39 is 6.09 Å². The number of unbranched alkanes of at least 4 members (excludes halogenated alkanes) is 2. The summed E-state index contributed by atoms with van der Waals surface area (Å²) in [6.45, 7) is 4.29. The highest BCUT2D eigenvalue weighted by Gasteiger charge is 2.37. The molecule has 0 saturated carbocycles. The summed E-state index contributed by atoms with van der Waals surface area (Å²) in [5, 5.41) is 0.931. The van der Waals surface area contributed by atoms with Gasteiger partial charge in [-0.1, -0.05) is 125 Å². The maximum absolute atomic E-state index is 12.5. The quantitative estimate of drug-likeness (QED) is 0.175. The Bertz CT molecular complexity index is 1040. The summed E-state index contributed by atoms with van der Waals surface area (Å²) in [6.07, 6.45) is 4.40. The number of nitrogens with zero attached hydrogens (tertiary/aromatic N) is 1.